The maximum atomic E-state index is 13.3. The van der Waals surface area contributed by atoms with Gasteiger partial charge < -0.3 is 43.6 Å². The van der Waals surface area contributed by atoms with Crippen LogP contribution in [-0.4, -0.2) is 181 Å². The maximum absolute atomic E-state index is 13.3. The number of hydrogen-bond donors (Lipinski definition) is 7. The molecule has 0 amide bonds. The van der Waals surface area contributed by atoms with E-state index in [9.17, 15) is 79.9 Å². The molecular weight excluding hydrogens is 1340 g/mol. The molecule has 0 radical (unpaired) electrons. The third kappa shape index (κ3) is 16.7. The Bertz CT molecular complexity index is 4450. The van der Waals surface area contributed by atoms with Crippen LogP contribution in [0.15, 0.2) is 126 Å². The van der Waals surface area contributed by atoms with Gasteiger partial charge in [0.25, 0.3) is 50.6 Å². The molecular formula is C60H73ClN3O24S5+. The summed E-state index contributed by atoms with van der Waals surface area (Å²) in [6.07, 6.45) is 8.09. The lowest BCUT2D eigenvalue weighted by Crippen LogP contribution is -2.33. The molecule has 27 nitrogen and oxygen atoms in total. The first-order valence-electron chi connectivity index (χ1n) is 29.2. The average molecular weight is 1420 g/mol. The Morgan fingerprint density at radius 2 is 1.16 bits per heavy atom. The Morgan fingerprint density at radius 3 is 1.69 bits per heavy atom. The molecule has 7 N–H and O–H groups in total. The topological polar surface area (TPSA) is 396 Å². The van der Waals surface area contributed by atoms with E-state index in [1.54, 1.807) is 57.4 Å². The van der Waals surface area contributed by atoms with Crippen molar-refractivity contribution in [2.45, 2.75) is 103 Å². The first-order valence-corrected chi connectivity index (χ1v) is 37.0. The van der Waals surface area contributed by atoms with Gasteiger partial charge in [-0.1, -0.05) is 29.8 Å². The Kier molecular flexibility index (Phi) is 23.0. The summed E-state index contributed by atoms with van der Waals surface area (Å²) < 4.78 is 209. The highest BCUT2D eigenvalue weighted by Crippen LogP contribution is 2.55. The number of fused-ring (bicyclic) bond motifs is 6. The second kappa shape index (κ2) is 29.4. The molecule has 0 saturated carbocycles. The summed E-state index contributed by atoms with van der Waals surface area (Å²) in [5.74, 6) is -2.65. The highest BCUT2D eigenvalue weighted by Gasteiger charge is 2.50. The average Bonchev–Trinajstić information content (AvgIpc) is 1.60. The number of anilines is 1. The van der Waals surface area contributed by atoms with E-state index in [0.717, 1.165) is 24.3 Å². The first kappa shape index (κ1) is 72.6. The van der Waals surface area contributed by atoms with Crippen LogP contribution >= 0.6 is 11.6 Å². The molecule has 2 atom stereocenters. The second-order valence-electron chi connectivity index (χ2n) is 22.6. The molecule has 0 spiro atoms. The molecule has 1 aromatic heterocycles. The van der Waals surface area contributed by atoms with E-state index >= 15 is 0 Å². The number of rotatable bonds is 32. The van der Waals surface area contributed by atoms with Crippen molar-refractivity contribution in [1.29, 1.82) is 0 Å². The maximum Gasteiger partial charge on any atom is 0.333 e. The molecule has 508 valence electrons. The van der Waals surface area contributed by atoms with Crippen LogP contribution in [-0.2, 0) is 89.9 Å². The van der Waals surface area contributed by atoms with Crippen molar-refractivity contribution >= 4 is 107 Å². The molecule has 4 aromatic carbocycles. The number of likely N-dealkylation sites (N-methyl/N-ethyl adjacent to an activating group) is 1. The highest BCUT2D eigenvalue weighted by atomic mass is 35.5. The zero-order valence-corrected chi connectivity index (χ0v) is 55.9. The number of carbonyl (C=O) groups is 1. The molecule has 1 aliphatic carbocycles. The minimum atomic E-state index is -5.17. The number of aromatic nitrogens is 1. The van der Waals surface area contributed by atoms with Crippen molar-refractivity contribution in [2.75, 3.05) is 90.3 Å². The zero-order chi connectivity index (χ0) is 68.1. The molecule has 93 heavy (non-hydrogen) atoms. The van der Waals surface area contributed by atoms with E-state index in [2.05, 4.69) is 0 Å². The van der Waals surface area contributed by atoms with Gasteiger partial charge in [-0.15, -0.1) is 4.73 Å². The van der Waals surface area contributed by atoms with E-state index < -0.39 is 104 Å². The van der Waals surface area contributed by atoms with Gasteiger partial charge in [0.2, 0.25) is 17.4 Å². The summed E-state index contributed by atoms with van der Waals surface area (Å²) in [6.45, 7) is 7.96. The Morgan fingerprint density at radius 1 is 0.624 bits per heavy atom. The SMILES string of the molecule is CCN1C(=CC=C2CCCC(C=CC3=[N+](CCCC(=O)On4c(O)ccc4O)c4ccc5c(S(=O)(=O)O)cc(S(=O)(=O)O)cc5c4C3(C)CCOCCOCCOCCOCCOC)=C2Cl)C(C)(CCCS(=O)(=O)O)c2c1ccc1c(S(=O)(=O)O)cc(S(=O)(=O)O)cc21. The lowest BCUT2D eigenvalue weighted by molar-refractivity contribution is -0.438. The van der Waals surface area contributed by atoms with E-state index in [-0.39, 0.29) is 99.8 Å². The standard InChI is InChI=1S/C60H72ClN3O24S5/c1-5-62-47-16-14-43-45(35-41(90(71,72)73)37-49(43)92(77,78)79)56(47)59(2,22-8-34-89(68,69)70)51(62)18-12-39-9-6-10-40(58(39)61)13-19-52-60(3,23-25-84-28-29-86-32-33-87-31-30-85-27-26-83-4)57-46-36-42(91(74,75)76)38-50(93(80,81)82)44(46)15-17-48(57)63(52)24-7-11-55(67)88-64-53(65)20-21-54(64)66/h12-21,35-38H,5-11,22-34H2,1-4H3,(H6-,65,66,68,69,70,71,72,73,74,75,76,77,78,79,80,81,82)/p+1. The number of ether oxygens (including phenoxy) is 5. The van der Waals surface area contributed by atoms with Gasteiger partial charge in [-0.2, -0.15) is 46.7 Å². The van der Waals surface area contributed by atoms with Crippen LogP contribution in [0.1, 0.15) is 83.3 Å². The number of nitrogens with zero attached hydrogens (tertiary/aromatic N) is 3. The van der Waals surface area contributed by atoms with E-state index in [1.807, 2.05) is 16.4 Å². The Labute approximate surface area is 543 Å². The van der Waals surface area contributed by atoms with Gasteiger partial charge in [0.15, 0.2) is 5.71 Å². The van der Waals surface area contributed by atoms with Crippen LogP contribution in [0.5, 0.6) is 11.8 Å². The number of benzene rings is 4. The Hall–Kier alpha value is -6.18. The van der Waals surface area contributed by atoms with Crippen LogP contribution in [0.3, 0.4) is 0 Å². The molecule has 3 aliphatic rings. The van der Waals surface area contributed by atoms with Gasteiger partial charge in [0, 0.05) is 89.1 Å². The minimum absolute atomic E-state index is 0.00663. The molecule has 5 aromatic rings. The minimum Gasteiger partial charge on any atom is -0.492 e. The first-order chi connectivity index (χ1) is 43.6. The number of allylic oxidation sites excluding steroid dienone is 8. The highest BCUT2D eigenvalue weighted by molar-refractivity contribution is 7.87. The van der Waals surface area contributed by atoms with Crippen LogP contribution in [0, 0.1) is 0 Å². The van der Waals surface area contributed by atoms with Gasteiger partial charge in [-0.25, -0.2) is 4.79 Å². The Balaban J connectivity index is 1.22. The van der Waals surface area contributed by atoms with Gasteiger partial charge in [0.1, 0.15) is 16.3 Å². The number of aromatic hydroxyl groups is 2. The summed E-state index contributed by atoms with van der Waals surface area (Å²) in [5, 5.41) is 20.5. The van der Waals surface area contributed by atoms with Crippen molar-refractivity contribution in [3.8, 4) is 11.8 Å². The fourth-order valence-electron chi connectivity index (χ4n) is 12.2. The molecule has 3 heterocycles. The number of hydrogen-bond acceptors (Lipinski definition) is 20. The predicted octanol–water partition coefficient (Wildman–Crippen LogP) is 7.60. The molecule has 2 aliphatic heterocycles. The van der Waals surface area contributed by atoms with Crippen LogP contribution in [0.2, 0.25) is 0 Å². The molecule has 0 bridgehead atoms. The van der Waals surface area contributed by atoms with Crippen molar-refractivity contribution in [3.63, 3.8) is 0 Å². The van der Waals surface area contributed by atoms with Crippen molar-refractivity contribution in [1.82, 2.24) is 4.73 Å². The molecule has 8 rings (SSSR count). The summed E-state index contributed by atoms with van der Waals surface area (Å²) in [6, 6.07) is 11.5. The van der Waals surface area contributed by atoms with Crippen LogP contribution < -0.4 is 9.74 Å². The second-order valence-corrected chi connectivity index (χ2v) is 30.1. The van der Waals surface area contributed by atoms with Crippen LogP contribution in [0.25, 0.3) is 21.5 Å². The lowest BCUT2D eigenvalue weighted by Gasteiger charge is -2.30. The molecule has 2 unspecified atom stereocenters. The van der Waals surface area contributed by atoms with Crippen molar-refractivity contribution in [3.05, 3.63) is 118 Å². The fraction of sp³-hybridized carbons (Fsp3) is 0.433. The monoisotopic (exact) mass is 1410 g/mol. The van der Waals surface area contributed by atoms with E-state index in [0.29, 0.717) is 113 Å². The van der Waals surface area contributed by atoms with Gasteiger partial charge in [-0.05, 0) is 129 Å². The normalized spacial score (nSPS) is 19.1. The predicted molar refractivity (Wildman–Crippen MR) is 341 cm³/mol. The summed E-state index contributed by atoms with van der Waals surface area (Å²) in [5.41, 5.74) is 1.17. The smallest absolute Gasteiger partial charge is 0.333 e. The van der Waals surface area contributed by atoms with Gasteiger partial charge >= 0.3 is 5.97 Å². The quantitative estimate of drug-likeness (QED) is 0.0124. The van der Waals surface area contributed by atoms with Gasteiger partial charge in [-0.3, -0.25) is 22.8 Å². The number of methoxy groups -OCH3 is 1. The number of halogens is 1. The lowest BCUT2D eigenvalue weighted by atomic mass is 9.74. The third-order valence-electron chi connectivity index (χ3n) is 16.4. The van der Waals surface area contributed by atoms with Crippen LogP contribution in [0.4, 0.5) is 11.4 Å². The van der Waals surface area contributed by atoms with E-state index in [1.165, 1.54) is 12.1 Å². The van der Waals surface area contributed by atoms with Gasteiger partial charge in [0.05, 0.1) is 80.2 Å². The molecule has 0 saturated heterocycles. The summed E-state index contributed by atoms with van der Waals surface area (Å²) in [4.78, 5) is 17.1. The van der Waals surface area contributed by atoms with Crippen molar-refractivity contribution in [2.24, 2.45) is 0 Å². The largest absolute Gasteiger partial charge is 0.492 e. The van der Waals surface area contributed by atoms with E-state index in [4.69, 9.17) is 40.1 Å². The number of carbonyl (C=O) groups excluding carboxylic acids is 1. The van der Waals surface area contributed by atoms with Crippen molar-refractivity contribution < 1.29 is 113 Å². The summed E-state index contributed by atoms with van der Waals surface area (Å²) >= 11 is 7.42. The third-order valence-corrected chi connectivity index (χ3v) is 21.2. The molecule has 0 fully saturated rings. The zero-order valence-electron chi connectivity index (χ0n) is 51.1. The fourth-order valence-corrected chi connectivity index (χ4v) is 15.7. The summed E-state index contributed by atoms with van der Waals surface area (Å²) in [7, 11) is -23.5. The molecule has 33 heteroatoms.